The molecule has 3 aromatic rings. The molecule has 2 aliphatic heterocycles. The van der Waals surface area contributed by atoms with Crippen LogP contribution in [-0.4, -0.2) is 35.0 Å². The highest BCUT2D eigenvalue weighted by Crippen LogP contribution is 2.31. The number of aromatic nitrogens is 1. The molecule has 0 spiro atoms. The van der Waals surface area contributed by atoms with Gasteiger partial charge in [-0.2, -0.15) is 0 Å². The topological polar surface area (TPSA) is 37.3 Å². The van der Waals surface area contributed by atoms with Crippen molar-refractivity contribution in [1.82, 2.24) is 14.8 Å². The molecule has 0 aliphatic carbocycles. The summed E-state index contributed by atoms with van der Waals surface area (Å²) in [6, 6.07) is 14.9. The molecular weight excluding hydrogens is 322 g/mol. The minimum Gasteiger partial charge on any atom is -0.348 e. The minimum absolute atomic E-state index is 0.0391. The third kappa shape index (κ3) is 2.61. The molecule has 0 bridgehead atoms. The predicted molar refractivity (Wildman–Crippen MR) is 104 cm³/mol. The van der Waals surface area contributed by atoms with Gasteiger partial charge in [-0.25, -0.2) is 0 Å². The molecule has 0 radical (unpaired) electrons. The molecule has 132 valence electrons. The molecule has 0 saturated carbocycles. The molecule has 1 aromatic heterocycles. The number of fused-ring (bicyclic) bond motifs is 2. The fraction of sp³-hybridized carbons (Fsp3) is 0.318. The molecule has 1 N–H and O–H groups in total. The lowest BCUT2D eigenvalue weighted by molar-refractivity contribution is 0.0966. The lowest BCUT2D eigenvalue weighted by Crippen LogP contribution is -2.23. The van der Waals surface area contributed by atoms with Gasteiger partial charge < -0.3 is 14.8 Å². The zero-order chi connectivity index (χ0) is 17.5. The number of amides is 1. The number of carbonyl (C=O) groups excluding carboxylic acids is 1. The standard InChI is InChI=1S/C22H23N3O/c26-22-20-14-16(6-7-17(20)15-23-22)18-4-3-5-21-19(18)8-11-25(21)13-12-24-9-1-2-10-24/h3-8,11,14H,1-2,9-10,12-13,15H2,(H,23,26). The van der Waals surface area contributed by atoms with Crippen LogP contribution < -0.4 is 5.32 Å². The number of likely N-dealkylation sites (tertiary alicyclic amines) is 1. The van der Waals surface area contributed by atoms with Gasteiger partial charge in [-0.3, -0.25) is 4.79 Å². The van der Waals surface area contributed by atoms with Gasteiger partial charge >= 0.3 is 0 Å². The predicted octanol–water partition coefficient (Wildman–Crippen LogP) is 3.65. The van der Waals surface area contributed by atoms with Crippen LogP contribution in [0.15, 0.2) is 48.7 Å². The maximum atomic E-state index is 12.0. The van der Waals surface area contributed by atoms with Crippen molar-refractivity contribution in [1.29, 1.82) is 0 Å². The molecule has 1 amide bonds. The number of rotatable bonds is 4. The normalized spacial score (nSPS) is 17.0. The fourth-order valence-electron chi connectivity index (χ4n) is 4.31. The summed E-state index contributed by atoms with van der Waals surface area (Å²) in [5.74, 6) is 0.0391. The van der Waals surface area contributed by atoms with E-state index in [2.05, 4.69) is 57.4 Å². The molecule has 0 unspecified atom stereocenters. The molecule has 1 fully saturated rings. The number of nitrogens with one attached hydrogen (secondary N) is 1. The summed E-state index contributed by atoms with van der Waals surface area (Å²) in [7, 11) is 0. The van der Waals surface area contributed by atoms with Crippen LogP contribution in [0, 0.1) is 0 Å². The van der Waals surface area contributed by atoms with E-state index in [1.54, 1.807) is 0 Å². The Kier molecular flexibility index (Phi) is 3.79. The summed E-state index contributed by atoms with van der Waals surface area (Å²) in [5, 5.41) is 4.16. The van der Waals surface area contributed by atoms with E-state index in [0.717, 1.165) is 29.8 Å². The second kappa shape index (κ2) is 6.29. The Morgan fingerprint density at radius 2 is 1.85 bits per heavy atom. The highest BCUT2D eigenvalue weighted by molar-refractivity contribution is 6.01. The maximum absolute atomic E-state index is 12.0. The Morgan fingerprint density at radius 3 is 2.73 bits per heavy atom. The summed E-state index contributed by atoms with van der Waals surface area (Å²) >= 11 is 0. The van der Waals surface area contributed by atoms with Crippen molar-refractivity contribution < 1.29 is 4.79 Å². The van der Waals surface area contributed by atoms with Crippen molar-refractivity contribution in [3.63, 3.8) is 0 Å². The van der Waals surface area contributed by atoms with E-state index < -0.39 is 0 Å². The van der Waals surface area contributed by atoms with Crippen molar-refractivity contribution in [2.24, 2.45) is 0 Å². The van der Waals surface area contributed by atoms with Gasteiger partial charge in [0.05, 0.1) is 0 Å². The van der Waals surface area contributed by atoms with Crippen LogP contribution in [0.2, 0.25) is 0 Å². The van der Waals surface area contributed by atoms with Crippen LogP contribution in [0.25, 0.3) is 22.0 Å². The first-order chi connectivity index (χ1) is 12.8. The molecule has 4 nitrogen and oxygen atoms in total. The van der Waals surface area contributed by atoms with Crippen molar-refractivity contribution in [2.75, 3.05) is 19.6 Å². The molecule has 4 heteroatoms. The van der Waals surface area contributed by atoms with Crippen LogP contribution in [0.3, 0.4) is 0 Å². The monoisotopic (exact) mass is 345 g/mol. The first kappa shape index (κ1) is 15.6. The van der Waals surface area contributed by atoms with Crippen LogP contribution >= 0.6 is 0 Å². The van der Waals surface area contributed by atoms with Crippen molar-refractivity contribution in [3.05, 3.63) is 59.8 Å². The van der Waals surface area contributed by atoms with Gasteiger partial charge in [-0.15, -0.1) is 0 Å². The average molecular weight is 345 g/mol. The van der Waals surface area contributed by atoms with Gasteiger partial charge in [0.1, 0.15) is 0 Å². The number of carbonyl (C=O) groups is 1. The van der Waals surface area contributed by atoms with Crippen LogP contribution in [0.5, 0.6) is 0 Å². The van der Waals surface area contributed by atoms with Crippen LogP contribution in [-0.2, 0) is 13.1 Å². The number of hydrogen-bond donors (Lipinski definition) is 1. The molecule has 0 atom stereocenters. The van der Waals surface area contributed by atoms with E-state index >= 15 is 0 Å². The van der Waals surface area contributed by atoms with E-state index in [1.165, 1.54) is 42.4 Å². The number of hydrogen-bond acceptors (Lipinski definition) is 2. The lowest BCUT2D eigenvalue weighted by Gasteiger charge is -2.15. The number of nitrogens with zero attached hydrogens (tertiary/aromatic N) is 2. The highest BCUT2D eigenvalue weighted by atomic mass is 16.1. The Balaban J connectivity index is 1.49. The summed E-state index contributed by atoms with van der Waals surface area (Å²) in [6.07, 6.45) is 4.87. The van der Waals surface area contributed by atoms with Gasteiger partial charge in [-0.05, 0) is 60.8 Å². The summed E-state index contributed by atoms with van der Waals surface area (Å²) in [5.41, 5.74) is 5.49. The SMILES string of the molecule is O=C1NCc2ccc(-c3cccc4c3ccn4CCN3CCCC3)cc21. The van der Waals surface area contributed by atoms with E-state index in [-0.39, 0.29) is 5.91 Å². The summed E-state index contributed by atoms with van der Waals surface area (Å²) < 4.78 is 2.36. The number of benzene rings is 2. The maximum Gasteiger partial charge on any atom is 0.251 e. The molecule has 3 heterocycles. The van der Waals surface area contributed by atoms with E-state index in [0.29, 0.717) is 6.54 Å². The third-order valence-electron chi connectivity index (χ3n) is 5.77. The summed E-state index contributed by atoms with van der Waals surface area (Å²) in [6.45, 7) is 5.27. The third-order valence-corrected chi connectivity index (χ3v) is 5.77. The zero-order valence-corrected chi connectivity index (χ0v) is 14.9. The molecule has 26 heavy (non-hydrogen) atoms. The highest BCUT2D eigenvalue weighted by Gasteiger charge is 2.19. The van der Waals surface area contributed by atoms with Gasteiger partial charge in [0.25, 0.3) is 5.91 Å². The Hall–Kier alpha value is -2.59. The molecule has 5 rings (SSSR count). The zero-order valence-electron chi connectivity index (χ0n) is 14.9. The van der Waals surface area contributed by atoms with E-state index in [9.17, 15) is 4.79 Å². The van der Waals surface area contributed by atoms with E-state index in [1.807, 2.05) is 6.07 Å². The van der Waals surface area contributed by atoms with Crippen molar-refractivity contribution >= 4 is 16.8 Å². The van der Waals surface area contributed by atoms with Gasteiger partial charge in [-0.1, -0.05) is 24.3 Å². The first-order valence-electron chi connectivity index (χ1n) is 9.51. The van der Waals surface area contributed by atoms with Gasteiger partial charge in [0, 0.05) is 42.3 Å². The van der Waals surface area contributed by atoms with Gasteiger partial charge in [0.15, 0.2) is 0 Å². The Bertz CT molecular complexity index is 982. The molecular formula is C22H23N3O. The first-order valence-corrected chi connectivity index (χ1v) is 9.51. The summed E-state index contributed by atoms with van der Waals surface area (Å²) in [4.78, 5) is 14.6. The van der Waals surface area contributed by atoms with Crippen LogP contribution in [0.1, 0.15) is 28.8 Å². The van der Waals surface area contributed by atoms with Gasteiger partial charge in [0.2, 0.25) is 0 Å². The smallest absolute Gasteiger partial charge is 0.251 e. The second-order valence-electron chi connectivity index (χ2n) is 7.35. The average Bonchev–Trinajstić information content (AvgIpc) is 3.40. The van der Waals surface area contributed by atoms with Crippen molar-refractivity contribution in [2.45, 2.75) is 25.9 Å². The van der Waals surface area contributed by atoms with E-state index in [4.69, 9.17) is 0 Å². The molecule has 2 aliphatic rings. The lowest BCUT2D eigenvalue weighted by atomic mass is 9.98. The molecule has 2 aromatic carbocycles. The Labute approximate surface area is 153 Å². The van der Waals surface area contributed by atoms with Crippen LogP contribution in [0.4, 0.5) is 0 Å². The quantitative estimate of drug-likeness (QED) is 0.784. The molecule has 1 saturated heterocycles. The second-order valence-corrected chi connectivity index (χ2v) is 7.35. The minimum atomic E-state index is 0.0391. The largest absolute Gasteiger partial charge is 0.348 e. The fourth-order valence-corrected chi connectivity index (χ4v) is 4.31. The Morgan fingerprint density at radius 1 is 0.962 bits per heavy atom. The van der Waals surface area contributed by atoms with Crippen molar-refractivity contribution in [3.8, 4) is 11.1 Å².